The monoisotopic (exact) mass is 763 g/mol. The number of thiol groups is 1. The average Bonchev–Trinajstić information content (AvgIpc) is 2.08. The van der Waals surface area contributed by atoms with Gasteiger partial charge in [0.1, 0.15) is 0 Å². The van der Waals surface area contributed by atoms with Gasteiger partial charge in [0.15, 0.2) is 0 Å². The summed E-state index contributed by atoms with van der Waals surface area (Å²) in [4.78, 5) is 1.10. The van der Waals surface area contributed by atoms with Crippen LogP contribution >= 0.6 is 126 Å². The molecule has 0 radical (unpaired) electrons. The van der Waals surface area contributed by atoms with Gasteiger partial charge in [0.05, 0.1) is 0 Å². The number of benzene rings is 1. The molecule has 0 saturated heterocycles. The first-order valence-corrected chi connectivity index (χ1v) is 8.51. The van der Waals surface area contributed by atoms with E-state index in [-0.39, 0.29) is 31.0 Å². The van der Waals surface area contributed by atoms with Crippen molar-refractivity contribution in [1.29, 1.82) is 0 Å². The van der Waals surface area contributed by atoms with Gasteiger partial charge in [-0.15, -0.1) is 12.6 Å². The van der Waals surface area contributed by atoms with E-state index < -0.39 is 0 Å². The van der Waals surface area contributed by atoms with Gasteiger partial charge < -0.3 is 1.43 Å². The van der Waals surface area contributed by atoms with E-state index in [1.54, 1.807) is 0 Å². The molecule has 0 amide bonds. The summed E-state index contributed by atoms with van der Waals surface area (Å²) >= 11 is 16.3. The number of halogens is 5. The maximum absolute atomic E-state index is 4.47. The predicted molar refractivity (Wildman–Crippen MR) is 98.4 cm³/mol. The third kappa shape index (κ3) is 4.12. The molecule has 0 spiro atoms. The molecule has 1 aromatic carbocycles. The molecule has 0 heterocycles. The van der Waals surface area contributed by atoms with Gasteiger partial charge in [-0.2, -0.15) is 0 Å². The van der Waals surface area contributed by atoms with E-state index in [9.17, 15) is 0 Å². The number of hydrogen-bond donors (Lipinski definition) is 1. The number of rotatable bonds is 0. The Kier molecular flexibility index (Phi) is 10.1. The fourth-order valence-electron chi connectivity index (χ4n) is 0.593. The molecule has 0 unspecified atom stereocenters. The van der Waals surface area contributed by atoms with Crippen LogP contribution in [0.5, 0.6) is 0 Å². The molecular formula is C6H2I5NaS. The topological polar surface area (TPSA) is 0 Å². The quantitative estimate of drug-likeness (QED) is 0.136. The summed E-state index contributed by atoms with van der Waals surface area (Å²) in [5.41, 5.74) is 0. The van der Waals surface area contributed by atoms with Crippen LogP contribution in [0.4, 0.5) is 0 Å². The summed E-state index contributed by atoms with van der Waals surface area (Å²) in [6, 6.07) is 0. The summed E-state index contributed by atoms with van der Waals surface area (Å²) in [6.45, 7) is 0. The Bertz CT molecular complexity index is 240. The van der Waals surface area contributed by atoms with Gasteiger partial charge in [0, 0.05) is 22.7 Å². The summed E-state index contributed by atoms with van der Waals surface area (Å²) in [6.07, 6.45) is 0. The second-order valence-electron chi connectivity index (χ2n) is 1.92. The molecule has 0 aliphatic heterocycles. The zero-order valence-corrected chi connectivity index (χ0v) is 20.0. The van der Waals surface area contributed by atoms with Crippen LogP contribution in [0.2, 0.25) is 0 Å². The van der Waals surface area contributed by atoms with E-state index >= 15 is 0 Å². The van der Waals surface area contributed by atoms with E-state index in [1.807, 2.05) is 0 Å². The molecule has 0 saturated carbocycles. The summed E-state index contributed by atoms with van der Waals surface area (Å²) in [5.74, 6) is 0. The third-order valence-corrected chi connectivity index (χ3v) is 12.0. The molecule has 0 N–H and O–H groups in total. The van der Waals surface area contributed by atoms with Gasteiger partial charge >= 0.3 is 29.6 Å². The van der Waals surface area contributed by atoms with Crippen LogP contribution in [0.3, 0.4) is 0 Å². The summed E-state index contributed by atoms with van der Waals surface area (Å²) in [7, 11) is 0. The van der Waals surface area contributed by atoms with Crippen molar-refractivity contribution in [1.82, 2.24) is 0 Å². The molecule has 0 aliphatic rings. The Hall–Kier alpha value is 4.22. The average molecular weight is 764 g/mol. The van der Waals surface area contributed by atoms with E-state index in [0.717, 1.165) is 4.90 Å². The molecular weight excluding hydrogens is 762 g/mol. The van der Waals surface area contributed by atoms with Crippen LogP contribution in [-0.2, 0) is 0 Å². The Morgan fingerprint density at radius 1 is 0.692 bits per heavy atom. The van der Waals surface area contributed by atoms with Crippen molar-refractivity contribution >= 4 is 126 Å². The van der Waals surface area contributed by atoms with Crippen molar-refractivity contribution in [2.45, 2.75) is 4.90 Å². The molecule has 68 valence electrons. The van der Waals surface area contributed by atoms with Gasteiger partial charge in [0.25, 0.3) is 0 Å². The third-order valence-electron chi connectivity index (χ3n) is 1.19. The van der Waals surface area contributed by atoms with Crippen LogP contribution in [0, 0.1) is 17.9 Å². The minimum atomic E-state index is 0. The maximum atomic E-state index is 4.47. The SMILES string of the molecule is Sc1c(I)c(I)c(I)c(I)c1I.[H-].[Na+]. The fourth-order valence-corrected chi connectivity index (χ4v) is 6.00. The predicted octanol–water partition coefficient (Wildman–Crippen LogP) is 2.11. The standard InChI is InChI=1S/C6HI5S.Na.H/c7-1-2(8)4(10)6(12)5(11)3(1)9;;/h12H;;/q;+1;-1. The maximum Gasteiger partial charge on any atom is 1.00 e. The Morgan fingerprint density at radius 2 is 0.923 bits per heavy atom. The largest absolute Gasteiger partial charge is 1.00 e. The zero-order chi connectivity index (χ0) is 9.46. The first-order chi connectivity index (χ1) is 5.46. The number of hydrogen-bond acceptors (Lipinski definition) is 1. The molecule has 7 heteroatoms. The van der Waals surface area contributed by atoms with Crippen LogP contribution in [-0.4, -0.2) is 0 Å². The molecule has 0 aromatic heterocycles. The van der Waals surface area contributed by atoms with Crippen LogP contribution in [0.25, 0.3) is 0 Å². The Labute approximate surface area is 175 Å². The van der Waals surface area contributed by atoms with Crippen LogP contribution in [0.15, 0.2) is 4.90 Å². The van der Waals surface area contributed by atoms with Crippen LogP contribution < -0.4 is 29.6 Å². The minimum Gasteiger partial charge on any atom is -1.00 e. The molecule has 1 aromatic rings. The van der Waals surface area contributed by atoms with Crippen molar-refractivity contribution < 1.29 is 31.0 Å². The van der Waals surface area contributed by atoms with Gasteiger partial charge in [0.2, 0.25) is 0 Å². The fraction of sp³-hybridized carbons (Fsp3) is 0. The molecule has 0 fully saturated rings. The molecule has 0 nitrogen and oxygen atoms in total. The van der Waals surface area contributed by atoms with Crippen LogP contribution in [0.1, 0.15) is 1.43 Å². The van der Waals surface area contributed by atoms with Gasteiger partial charge in [-0.3, -0.25) is 0 Å². The van der Waals surface area contributed by atoms with Gasteiger partial charge in [-0.05, 0) is 113 Å². The molecule has 0 atom stereocenters. The van der Waals surface area contributed by atoms with Crippen molar-refractivity contribution in [3.8, 4) is 0 Å². The van der Waals surface area contributed by atoms with Gasteiger partial charge in [-0.1, -0.05) is 0 Å². The molecule has 0 aliphatic carbocycles. The Balaban J connectivity index is 0. The smallest absolute Gasteiger partial charge is 1.00 e. The first-order valence-electron chi connectivity index (χ1n) is 2.67. The van der Waals surface area contributed by atoms with Crippen molar-refractivity contribution in [2.24, 2.45) is 0 Å². The van der Waals surface area contributed by atoms with E-state index in [1.165, 1.54) is 17.9 Å². The molecule has 1 rings (SSSR count). The minimum absolute atomic E-state index is 0. The summed E-state index contributed by atoms with van der Waals surface area (Å²) < 4.78 is 6.46. The zero-order valence-electron chi connectivity index (χ0n) is 7.34. The normalized spacial score (nSPS) is 9.69. The molecule has 0 bridgehead atoms. The van der Waals surface area contributed by atoms with E-state index in [4.69, 9.17) is 0 Å². The first kappa shape index (κ1) is 17.2. The van der Waals surface area contributed by atoms with Gasteiger partial charge in [-0.25, -0.2) is 0 Å². The molecule has 13 heavy (non-hydrogen) atoms. The van der Waals surface area contributed by atoms with E-state index in [2.05, 4.69) is 126 Å². The van der Waals surface area contributed by atoms with Crippen molar-refractivity contribution in [3.05, 3.63) is 17.9 Å². The summed E-state index contributed by atoms with van der Waals surface area (Å²) in [5, 5.41) is 0. The van der Waals surface area contributed by atoms with Crippen molar-refractivity contribution in [2.75, 3.05) is 0 Å². The second kappa shape index (κ2) is 7.61. The van der Waals surface area contributed by atoms with Crippen molar-refractivity contribution in [3.63, 3.8) is 0 Å². The second-order valence-corrected chi connectivity index (χ2v) is 7.76. The Morgan fingerprint density at radius 3 is 1.23 bits per heavy atom. The van der Waals surface area contributed by atoms with E-state index in [0.29, 0.717) is 0 Å².